The zero-order valence-corrected chi connectivity index (χ0v) is 17.3. The van der Waals surface area contributed by atoms with E-state index >= 15 is 0 Å². The number of hydrogen-bond acceptors (Lipinski definition) is 4. The highest BCUT2D eigenvalue weighted by Gasteiger charge is 2.32. The minimum absolute atomic E-state index is 0.0698. The monoisotopic (exact) mass is 423 g/mol. The Morgan fingerprint density at radius 2 is 1.30 bits per heavy atom. The number of sulfonamides is 1. The van der Waals surface area contributed by atoms with Gasteiger partial charge in [-0.1, -0.05) is 53.6 Å². The zero-order valence-electron chi connectivity index (χ0n) is 16.5. The average molecular weight is 423 g/mol. The van der Waals surface area contributed by atoms with Gasteiger partial charge in [-0.25, -0.2) is 18.0 Å². The molecule has 0 aliphatic carbocycles. The summed E-state index contributed by atoms with van der Waals surface area (Å²) in [5, 5.41) is 4.60. The molecule has 2 N–H and O–H groups in total. The first-order valence-electron chi connectivity index (χ1n) is 9.13. The molecule has 7 nitrogen and oxygen atoms in total. The van der Waals surface area contributed by atoms with Crippen molar-refractivity contribution in [2.24, 2.45) is 0 Å². The summed E-state index contributed by atoms with van der Waals surface area (Å²) in [6, 6.07) is 19.0. The Balaban J connectivity index is 1.89. The number of aryl methyl sites for hydroxylation is 2. The van der Waals surface area contributed by atoms with E-state index in [9.17, 15) is 18.0 Å². The van der Waals surface area contributed by atoms with Crippen molar-refractivity contribution in [1.82, 2.24) is 5.32 Å². The van der Waals surface area contributed by atoms with Gasteiger partial charge in [-0.15, -0.1) is 0 Å². The molecule has 3 rings (SSSR count). The number of imide groups is 1. The van der Waals surface area contributed by atoms with E-state index < -0.39 is 22.1 Å². The van der Waals surface area contributed by atoms with Crippen LogP contribution >= 0.6 is 0 Å². The lowest BCUT2D eigenvalue weighted by Crippen LogP contribution is -2.47. The maximum Gasteiger partial charge on any atom is 0.344 e. The van der Waals surface area contributed by atoms with Gasteiger partial charge in [0.05, 0.1) is 10.6 Å². The highest BCUT2D eigenvalue weighted by Crippen LogP contribution is 2.24. The summed E-state index contributed by atoms with van der Waals surface area (Å²) >= 11 is 0. The third-order valence-corrected chi connectivity index (χ3v) is 5.99. The van der Waals surface area contributed by atoms with Gasteiger partial charge in [0.2, 0.25) is 0 Å². The zero-order chi connectivity index (χ0) is 21.7. The molecule has 0 heterocycles. The quantitative estimate of drug-likeness (QED) is 0.648. The summed E-state index contributed by atoms with van der Waals surface area (Å²) in [6.45, 7) is 3.75. The Bertz CT molecular complexity index is 1140. The average Bonchev–Trinajstić information content (AvgIpc) is 2.72. The molecule has 0 atom stereocenters. The Morgan fingerprint density at radius 1 is 0.767 bits per heavy atom. The van der Waals surface area contributed by atoms with Crippen LogP contribution < -0.4 is 14.9 Å². The maximum absolute atomic E-state index is 13.2. The van der Waals surface area contributed by atoms with Crippen LogP contribution in [0.4, 0.5) is 21.0 Å². The molecule has 4 amide bonds. The molecule has 0 saturated heterocycles. The van der Waals surface area contributed by atoms with Crippen LogP contribution in [-0.4, -0.2) is 20.5 Å². The largest absolute Gasteiger partial charge is 0.344 e. The van der Waals surface area contributed by atoms with E-state index in [-0.39, 0.29) is 10.6 Å². The van der Waals surface area contributed by atoms with Crippen molar-refractivity contribution in [3.05, 3.63) is 90.0 Å². The van der Waals surface area contributed by atoms with E-state index in [4.69, 9.17) is 0 Å². The van der Waals surface area contributed by atoms with Crippen LogP contribution in [0, 0.1) is 13.8 Å². The molecule has 0 radical (unpaired) electrons. The van der Waals surface area contributed by atoms with Crippen molar-refractivity contribution >= 4 is 33.5 Å². The number of carbonyl (C=O) groups excluding carboxylic acids is 2. The topological polar surface area (TPSA) is 95.6 Å². The standard InChI is InChI=1S/C22H21N3O4S/c1-16-8-12-18(13-9-16)23-21(26)24-22(27)25(19-14-10-17(2)11-15-19)30(28,29)20-6-4-3-5-7-20/h3-15H,1-2H3,(H2,23,24,26,27). The molecule has 0 bridgehead atoms. The molecule has 3 aromatic carbocycles. The number of urea groups is 2. The van der Waals surface area contributed by atoms with Gasteiger partial charge < -0.3 is 5.32 Å². The number of nitrogens with one attached hydrogen (secondary N) is 2. The van der Waals surface area contributed by atoms with Crippen LogP contribution in [0.15, 0.2) is 83.8 Å². The molecule has 0 aliphatic heterocycles. The van der Waals surface area contributed by atoms with E-state index in [0.29, 0.717) is 9.99 Å². The number of nitrogens with zero attached hydrogens (tertiary/aromatic N) is 1. The fraction of sp³-hybridized carbons (Fsp3) is 0.0909. The Hall–Kier alpha value is -3.65. The summed E-state index contributed by atoms with van der Waals surface area (Å²) in [6.07, 6.45) is 0. The second kappa shape index (κ2) is 8.79. The molecule has 154 valence electrons. The Morgan fingerprint density at radius 3 is 1.87 bits per heavy atom. The van der Waals surface area contributed by atoms with E-state index in [0.717, 1.165) is 11.1 Å². The van der Waals surface area contributed by atoms with Crippen LogP contribution in [0.2, 0.25) is 0 Å². The van der Waals surface area contributed by atoms with Crippen molar-refractivity contribution in [2.45, 2.75) is 18.7 Å². The molecule has 0 aliphatic rings. The Kier molecular flexibility index (Phi) is 6.17. The lowest BCUT2D eigenvalue weighted by atomic mass is 10.2. The summed E-state index contributed by atoms with van der Waals surface area (Å²) in [4.78, 5) is 25.1. The molecule has 0 aromatic heterocycles. The highest BCUT2D eigenvalue weighted by atomic mass is 32.2. The van der Waals surface area contributed by atoms with Gasteiger partial charge in [-0.2, -0.15) is 4.31 Å². The molecule has 0 fully saturated rings. The molecular formula is C22H21N3O4S. The minimum Gasteiger partial charge on any atom is -0.308 e. The number of amides is 4. The number of benzene rings is 3. The first-order valence-corrected chi connectivity index (χ1v) is 10.6. The van der Waals surface area contributed by atoms with Crippen LogP contribution in [0.3, 0.4) is 0 Å². The molecule has 3 aromatic rings. The first-order chi connectivity index (χ1) is 14.3. The number of rotatable bonds is 4. The second-order valence-corrected chi connectivity index (χ2v) is 8.46. The predicted octanol–water partition coefficient (Wildman–Crippen LogP) is 4.44. The van der Waals surface area contributed by atoms with Gasteiger partial charge in [0.1, 0.15) is 0 Å². The predicted molar refractivity (Wildman–Crippen MR) is 116 cm³/mol. The van der Waals surface area contributed by atoms with E-state index in [1.807, 2.05) is 13.8 Å². The fourth-order valence-corrected chi connectivity index (χ4v) is 4.07. The lowest BCUT2D eigenvalue weighted by molar-refractivity contribution is 0.238. The van der Waals surface area contributed by atoms with Crippen molar-refractivity contribution in [3.8, 4) is 0 Å². The molecule has 8 heteroatoms. The summed E-state index contributed by atoms with van der Waals surface area (Å²) in [7, 11) is -4.25. The molecule has 0 unspecified atom stereocenters. The van der Waals surface area contributed by atoms with Gasteiger partial charge in [0.25, 0.3) is 10.0 Å². The third kappa shape index (κ3) is 4.84. The smallest absolute Gasteiger partial charge is 0.308 e. The third-order valence-electron chi connectivity index (χ3n) is 4.26. The number of carbonyl (C=O) groups is 2. The first kappa shape index (κ1) is 21.1. The SMILES string of the molecule is Cc1ccc(NC(=O)NC(=O)N(c2ccc(C)cc2)S(=O)(=O)c2ccccc2)cc1. The van der Waals surface area contributed by atoms with Crippen molar-refractivity contribution in [2.75, 3.05) is 9.62 Å². The summed E-state index contributed by atoms with van der Waals surface area (Å²) in [5.41, 5.74) is 2.49. The minimum atomic E-state index is -4.25. The van der Waals surface area contributed by atoms with E-state index in [2.05, 4.69) is 10.6 Å². The van der Waals surface area contributed by atoms with Crippen molar-refractivity contribution in [3.63, 3.8) is 0 Å². The highest BCUT2D eigenvalue weighted by molar-refractivity contribution is 7.93. The van der Waals surface area contributed by atoms with Crippen molar-refractivity contribution in [1.29, 1.82) is 0 Å². The normalized spacial score (nSPS) is 10.9. The molecule has 30 heavy (non-hydrogen) atoms. The summed E-state index contributed by atoms with van der Waals surface area (Å²) < 4.78 is 26.9. The van der Waals surface area contributed by atoms with E-state index in [1.165, 1.54) is 24.3 Å². The van der Waals surface area contributed by atoms with Crippen molar-refractivity contribution < 1.29 is 18.0 Å². The summed E-state index contributed by atoms with van der Waals surface area (Å²) in [5.74, 6) is 0. The van der Waals surface area contributed by atoms with Gasteiger partial charge in [0, 0.05) is 5.69 Å². The van der Waals surface area contributed by atoms with Crippen LogP contribution in [0.1, 0.15) is 11.1 Å². The van der Waals surface area contributed by atoms with E-state index in [1.54, 1.807) is 54.6 Å². The fourth-order valence-electron chi connectivity index (χ4n) is 2.69. The Labute approximate surface area is 175 Å². The number of anilines is 2. The lowest BCUT2D eigenvalue weighted by Gasteiger charge is -2.22. The molecule has 0 spiro atoms. The van der Waals surface area contributed by atoms with Crippen LogP contribution in [0.25, 0.3) is 0 Å². The molecule has 0 saturated carbocycles. The molecular weight excluding hydrogens is 402 g/mol. The van der Waals surface area contributed by atoms with Crippen LogP contribution in [0.5, 0.6) is 0 Å². The van der Waals surface area contributed by atoms with Crippen LogP contribution in [-0.2, 0) is 10.0 Å². The van der Waals surface area contributed by atoms with Gasteiger partial charge in [0.15, 0.2) is 0 Å². The second-order valence-electron chi connectivity index (χ2n) is 6.67. The number of hydrogen-bond donors (Lipinski definition) is 2. The van der Waals surface area contributed by atoms with Gasteiger partial charge >= 0.3 is 12.1 Å². The van der Waals surface area contributed by atoms with Gasteiger partial charge in [-0.3, -0.25) is 5.32 Å². The maximum atomic E-state index is 13.2. The van der Waals surface area contributed by atoms with Gasteiger partial charge in [-0.05, 0) is 50.2 Å².